The maximum absolute atomic E-state index is 12.0. The lowest BCUT2D eigenvalue weighted by atomic mass is 10.1. The highest BCUT2D eigenvalue weighted by molar-refractivity contribution is 5.91. The van der Waals surface area contributed by atoms with Crippen LogP contribution in [0.15, 0.2) is 36.9 Å². The lowest BCUT2D eigenvalue weighted by molar-refractivity contribution is -0.116. The van der Waals surface area contributed by atoms with Gasteiger partial charge in [0.15, 0.2) is 6.23 Å². The van der Waals surface area contributed by atoms with Crippen molar-refractivity contribution in [1.82, 2.24) is 19.7 Å². The summed E-state index contributed by atoms with van der Waals surface area (Å²) >= 11 is 0. The van der Waals surface area contributed by atoms with E-state index in [1.807, 2.05) is 29.2 Å². The van der Waals surface area contributed by atoms with Gasteiger partial charge in [-0.25, -0.2) is 4.68 Å². The second-order valence-electron chi connectivity index (χ2n) is 7.15. The largest absolute Gasteiger partial charge is 0.356 e. The number of hydrogen-bond donors (Lipinski definition) is 1. The molecule has 4 heterocycles. The van der Waals surface area contributed by atoms with Gasteiger partial charge in [-0.05, 0) is 37.8 Å². The molecule has 28 heavy (non-hydrogen) atoms. The molecule has 1 fully saturated rings. The third kappa shape index (κ3) is 4.04. The Kier molecular flexibility index (Phi) is 5.62. The minimum atomic E-state index is -0.0118. The molecule has 0 aliphatic carbocycles. The third-order valence-electron chi connectivity index (χ3n) is 4.99. The molecule has 1 N–H and O–H groups in total. The number of amides is 1. The van der Waals surface area contributed by atoms with E-state index in [0.29, 0.717) is 12.1 Å². The first kappa shape index (κ1) is 18.6. The molecule has 1 atom stereocenters. The van der Waals surface area contributed by atoms with Crippen LogP contribution < -0.4 is 5.32 Å². The number of pyridine rings is 2. The zero-order valence-electron chi connectivity index (χ0n) is 16.1. The summed E-state index contributed by atoms with van der Waals surface area (Å²) in [6.45, 7) is 2.85. The molecule has 0 radical (unpaired) electrons. The first-order chi connectivity index (χ1) is 13.7. The molecule has 7 heteroatoms. The van der Waals surface area contributed by atoms with Crippen LogP contribution in [0.3, 0.4) is 0 Å². The zero-order chi connectivity index (χ0) is 19.3. The topological polar surface area (TPSA) is 81.9 Å². The quantitative estimate of drug-likeness (QED) is 0.690. The highest BCUT2D eigenvalue weighted by atomic mass is 16.5. The first-order valence-electron chi connectivity index (χ1n) is 9.95. The molecule has 7 nitrogen and oxygen atoms in total. The summed E-state index contributed by atoms with van der Waals surface area (Å²) in [7, 11) is 0. The number of carbonyl (C=O) groups excluding carboxylic acids is 1. The van der Waals surface area contributed by atoms with E-state index in [2.05, 4.69) is 27.3 Å². The molecular formula is C21H25N5O2. The Morgan fingerprint density at radius 2 is 2.18 bits per heavy atom. The molecule has 1 aliphatic rings. The van der Waals surface area contributed by atoms with E-state index in [0.717, 1.165) is 60.9 Å². The molecule has 0 saturated carbocycles. The maximum atomic E-state index is 12.0. The van der Waals surface area contributed by atoms with Crippen molar-refractivity contribution in [1.29, 1.82) is 0 Å². The van der Waals surface area contributed by atoms with E-state index in [1.54, 1.807) is 12.4 Å². The maximum Gasteiger partial charge on any atom is 0.224 e. The van der Waals surface area contributed by atoms with Crippen molar-refractivity contribution in [2.45, 2.75) is 51.7 Å². The Morgan fingerprint density at radius 1 is 1.25 bits per heavy atom. The summed E-state index contributed by atoms with van der Waals surface area (Å²) in [4.78, 5) is 20.8. The summed E-state index contributed by atoms with van der Waals surface area (Å²) in [5.41, 5.74) is 3.31. The van der Waals surface area contributed by atoms with Gasteiger partial charge in [-0.3, -0.25) is 14.8 Å². The van der Waals surface area contributed by atoms with Crippen LogP contribution in [-0.2, 0) is 9.53 Å². The van der Waals surface area contributed by atoms with Crippen molar-refractivity contribution >= 4 is 22.5 Å². The summed E-state index contributed by atoms with van der Waals surface area (Å²) < 4.78 is 7.77. The number of rotatable bonds is 6. The Balaban J connectivity index is 1.56. The average Bonchev–Trinajstić information content (AvgIpc) is 3.16. The molecule has 1 unspecified atom stereocenters. The number of hydrogen-bond acceptors (Lipinski definition) is 5. The normalized spacial score (nSPS) is 17.0. The van der Waals surface area contributed by atoms with Crippen LogP contribution in [0.1, 0.15) is 51.7 Å². The number of carbonyl (C=O) groups is 1. The van der Waals surface area contributed by atoms with Gasteiger partial charge in [0.1, 0.15) is 0 Å². The van der Waals surface area contributed by atoms with Gasteiger partial charge in [0.05, 0.1) is 35.5 Å². The van der Waals surface area contributed by atoms with Crippen LogP contribution in [0.5, 0.6) is 0 Å². The molecule has 1 aliphatic heterocycles. The number of fused-ring (bicyclic) bond motifs is 1. The zero-order valence-corrected chi connectivity index (χ0v) is 16.1. The summed E-state index contributed by atoms with van der Waals surface area (Å²) in [6, 6.07) is 3.90. The first-order valence-corrected chi connectivity index (χ1v) is 9.95. The van der Waals surface area contributed by atoms with Crippen LogP contribution in [0.25, 0.3) is 22.2 Å². The Bertz CT molecular complexity index is 962. The van der Waals surface area contributed by atoms with Crippen LogP contribution in [-0.4, -0.2) is 32.3 Å². The predicted molar refractivity (Wildman–Crippen MR) is 108 cm³/mol. The van der Waals surface area contributed by atoms with Crippen molar-refractivity contribution in [3.63, 3.8) is 0 Å². The van der Waals surface area contributed by atoms with Gasteiger partial charge in [-0.15, -0.1) is 0 Å². The van der Waals surface area contributed by atoms with E-state index < -0.39 is 0 Å². The smallest absolute Gasteiger partial charge is 0.224 e. The highest BCUT2D eigenvalue weighted by Crippen LogP contribution is 2.28. The van der Waals surface area contributed by atoms with Crippen molar-refractivity contribution < 1.29 is 9.53 Å². The van der Waals surface area contributed by atoms with Gasteiger partial charge in [0.2, 0.25) is 5.91 Å². The summed E-state index contributed by atoms with van der Waals surface area (Å²) in [5.74, 6) is 0.0120. The molecule has 3 aromatic heterocycles. The number of nitrogens with zero attached hydrogens (tertiary/aromatic N) is 4. The summed E-state index contributed by atoms with van der Waals surface area (Å²) in [5, 5.41) is 8.44. The molecule has 4 rings (SSSR count). The Hall–Kier alpha value is -2.80. The monoisotopic (exact) mass is 379 g/mol. The van der Waals surface area contributed by atoms with E-state index in [-0.39, 0.29) is 12.1 Å². The molecule has 0 aromatic carbocycles. The molecule has 1 saturated heterocycles. The van der Waals surface area contributed by atoms with Gasteiger partial charge in [0, 0.05) is 30.2 Å². The molecule has 0 spiro atoms. The van der Waals surface area contributed by atoms with Crippen molar-refractivity contribution in [3.8, 4) is 11.3 Å². The van der Waals surface area contributed by atoms with Crippen LogP contribution >= 0.6 is 0 Å². The fourth-order valence-electron chi connectivity index (χ4n) is 3.46. The van der Waals surface area contributed by atoms with Gasteiger partial charge >= 0.3 is 0 Å². The van der Waals surface area contributed by atoms with Crippen LogP contribution in [0.2, 0.25) is 0 Å². The number of ether oxygens (including phenoxy) is 1. The fourth-order valence-corrected chi connectivity index (χ4v) is 3.46. The van der Waals surface area contributed by atoms with Crippen molar-refractivity contribution in [2.75, 3.05) is 11.9 Å². The number of nitrogens with one attached hydrogen (secondary N) is 1. The number of aromatic nitrogens is 4. The summed E-state index contributed by atoms with van der Waals surface area (Å²) in [6.07, 6.45) is 12.7. The standard InChI is InChI=1S/C21H25N5O2/c1-2-3-6-20(27)25-17-9-15(11-22-13-17)18-10-16-12-24-26(19(16)14-23-18)21-7-4-5-8-28-21/h9-14,21H,2-8H2,1H3,(H,25,27). The molecule has 0 bridgehead atoms. The SMILES string of the molecule is CCCCC(=O)Nc1cncc(-c2cc3cnn(C4CCCCO4)c3cn2)c1. The molecule has 1 amide bonds. The van der Waals surface area contributed by atoms with E-state index in [1.165, 1.54) is 0 Å². The molecule has 146 valence electrons. The van der Waals surface area contributed by atoms with Crippen LogP contribution in [0, 0.1) is 0 Å². The van der Waals surface area contributed by atoms with Gasteiger partial charge < -0.3 is 10.1 Å². The second-order valence-corrected chi connectivity index (χ2v) is 7.15. The predicted octanol–water partition coefficient (Wildman–Crippen LogP) is 4.32. The van der Waals surface area contributed by atoms with Crippen molar-refractivity contribution in [2.24, 2.45) is 0 Å². The molecular weight excluding hydrogens is 354 g/mol. The van der Waals surface area contributed by atoms with E-state index in [9.17, 15) is 4.79 Å². The van der Waals surface area contributed by atoms with Gasteiger partial charge in [0.25, 0.3) is 0 Å². The van der Waals surface area contributed by atoms with E-state index >= 15 is 0 Å². The highest BCUT2D eigenvalue weighted by Gasteiger charge is 2.19. The Labute approximate surface area is 164 Å². The lowest BCUT2D eigenvalue weighted by Crippen LogP contribution is -2.18. The lowest BCUT2D eigenvalue weighted by Gasteiger charge is -2.23. The average molecular weight is 379 g/mol. The molecule has 3 aromatic rings. The Morgan fingerprint density at radius 3 is 3.00 bits per heavy atom. The number of unbranched alkanes of at least 4 members (excludes halogenated alkanes) is 1. The fraction of sp³-hybridized carbons (Fsp3) is 0.429. The number of anilines is 1. The second kappa shape index (κ2) is 8.48. The van der Waals surface area contributed by atoms with E-state index in [4.69, 9.17) is 4.74 Å². The minimum Gasteiger partial charge on any atom is -0.356 e. The van der Waals surface area contributed by atoms with Crippen LogP contribution in [0.4, 0.5) is 5.69 Å². The van der Waals surface area contributed by atoms with Gasteiger partial charge in [-0.2, -0.15) is 5.10 Å². The van der Waals surface area contributed by atoms with Crippen molar-refractivity contribution in [3.05, 3.63) is 36.9 Å². The van der Waals surface area contributed by atoms with Gasteiger partial charge in [-0.1, -0.05) is 13.3 Å². The third-order valence-corrected chi connectivity index (χ3v) is 4.99. The minimum absolute atomic E-state index is 0.0118.